The van der Waals surface area contributed by atoms with Crippen molar-refractivity contribution in [1.82, 2.24) is 10.2 Å². The third kappa shape index (κ3) is 3.11. The molecular formula is C10H22N2. The number of hydrogen-bond acceptors (Lipinski definition) is 2. The molecule has 0 aromatic carbocycles. The van der Waals surface area contributed by atoms with Gasteiger partial charge < -0.3 is 10.2 Å². The van der Waals surface area contributed by atoms with Gasteiger partial charge in [-0.2, -0.15) is 0 Å². The Morgan fingerprint density at radius 1 is 1.33 bits per heavy atom. The van der Waals surface area contributed by atoms with Gasteiger partial charge in [0.2, 0.25) is 0 Å². The van der Waals surface area contributed by atoms with E-state index in [4.69, 9.17) is 0 Å². The van der Waals surface area contributed by atoms with Gasteiger partial charge in [0.05, 0.1) is 0 Å². The highest BCUT2D eigenvalue weighted by molar-refractivity contribution is 4.71. The Balaban J connectivity index is 2.18. The minimum atomic E-state index is 0.902. The maximum absolute atomic E-state index is 3.46. The van der Waals surface area contributed by atoms with Crippen molar-refractivity contribution < 1.29 is 0 Å². The number of nitrogens with zero attached hydrogens (tertiary/aromatic N) is 1. The Kier molecular flexibility index (Phi) is 4.62. The monoisotopic (exact) mass is 170 g/mol. The van der Waals surface area contributed by atoms with Crippen molar-refractivity contribution in [3.05, 3.63) is 0 Å². The quantitative estimate of drug-likeness (QED) is 0.684. The molecular weight excluding hydrogens is 148 g/mol. The number of nitrogens with one attached hydrogen (secondary N) is 1. The van der Waals surface area contributed by atoms with Crippen LogP contribution in [0.2, 0.25) is 0 Å². The first-order chi connectivity index (χ1) is 5.86. The lowest BCUT2D eigenvalue weighted by molar-refractivity contribution is 0.225. The van der Waals surface area contributed by atoms with E-state index >= 15 is 0 Å². The van der Waals surface area contributed by atoms with E-state index in [0.717, 1.165) is 5.92 Å². The lowest BCUT2D eigenvalue weighted by Gasteiger charge is -2.28. The topological polar surface area (TPSA) is 15.3 Å². The Morgan fingerprint density at radius 3 is 2.58 bits per heavy atom. The van der Waals surface area contributed by atoms with Gasteiger partial charge in [-0.15, -0.1) is 0 Å². The molecule has 0 spiro atoms. The smallest absolute Gasteiger partial charge is 0.00216 e. The van der Waals surface area contributed by atoms with Crippen molar-refractivity contribution in [3.8, 4) is 0 Å². The summed E-state index contributed by atoms with van der Waals surface area (Å²) in [6, 6.07) is 0. The molecule has 0 aromatic heterocycles. The van der Waals surface area contributed by atoms with E-state index in [9.17, 15) is 0 Å². The normalized spacial score (nSPS) is 24.8. The van der Waals surface area contributed by atoms with Crippen molar-refractivity contribution in [1.29, 1.82) is 0 Å². The van der Waals surface area contributed by atoms with Crippen LogP contribution >= 0.6 is 0 Å². The summed E-state index contributed by atoms with van der Waals surface area (Å²) < 4.78 is 0. The van der Waals surface area contributed by atoms with Gasteiger partial charge in [0, 0.05) is 6.54 Å². The highest BCUT2D eigenvalue weighted by Gasteiger charge is 2.14. The van der Waals surface area contributed by atoms with Crippen molar-refractivity contribution in [2.45, 2.75) is 26.7 Å². The van der Waals surface area contributed by atoms with Crippen LogP contribution in [0.1, 0.15) is 26.7 Å². The summed E-state index contributed by atoms with van der Waals surface area (Å²) in [6.07, 6.45) is 2.79. The number of rotatable bonds is 4. The Hall–Kier alpha value is -0.0800. The molecule has 0 bridgehead atoms. The third-order valence-electron chi connectivity index (χ3n) is 2.81. The van der Waals surface area contributed by atoms with Crippen LogP contribution in [0.4, 0.5) is 0 Å². The fourth-order valence-corrected chi connectivity index (χ4v) is 1.93. The largest absolute Gasteiger partial charge is 0.316 e. The van der Waals surface area contributed by atoms with Crippen molar-refractivity contribution in [2.24, 2.45) is 5.92 Å². The fraction of sp³-hybridized carbons (Fsp3) is 1.00. The molecule has 0 amide bonds. The van der Waals surface area contributed by atoms with Gasteiger partial charge in [-0.1, -0.05) is 13.8 Å². The third-order valence-corrected chi connectivity index (χ3v) is 2.81. The molecule has 1 fully saturated rings. The highest BCUT2D eigenvalue weighted by Crippen LogP contribution is 2.11. The van der Waals surface area contributed by atoms with Crippen LogP contribution in [-0.2, 0) is 0 Å². The Labute approximate surface area is 76.3 Å². The summed E-state index contributed by atoms with van der Waals surface area (Å²) in [6.45, 7) is 10.7. The molecule has 0 aliphatic carbocycles. The second-order valence-electron chi connectivity index (χ2n) is 3.70. The molecule has 72 valence electrons. The molecule has 12 heavy (non-hydrogen) atoms. The molecule has 1 rings (SSSR count). The maximum Gasteiger partial charge on any atom is 0.00216 e. The summed E-state index contributed by atoms with van der Waals surface area (Å²) >= 11 is 0. The maximum atomic E-state index is 3.46. The first kappa shape index (κ1) is 10.0. The molecule has 1 aliphatic heterocycles. The van der Waals surface area contributed by atoms with Crippen LogP contribution in [-0.4, -0.2) is 37.6 Å². The SMILES string of the molecule is CCN(CC)C[C@@H]1CCCNC1. The summed E-state index contributed by atoms with van der Waals surface area (Å²) in [5, 5.41) is 3.46. The summed E-state index contributed by atoms with van der Waals surface area (Å²) in [5.41, 5.74) is 0. The van der Waals surface area contributed by atoms with Gasteiger partial charge in [-0.3, -0.25) is 0 Å². The van der Waals surface area contributed by atoms with Crippen molar-refractivity contribution in [3.63, 3.8) is 0 Å². The van der Waals surface area contributed by atoms with Gasteiger partial charge in [-0.25, -0.2) is 0 Å². The fourth-order valence-electron chi connectivity index (χ4n) is 1.93. The average Bonchev–Trinajstić information content (AvgIpc) is 2.16. The van der Waals surface area contributed by atoms with Gasteiger partial charge in [0.15, 0.2) is 0 Å². The standard InChI is InChI=1S/C10H22N2/c1-3-12(4-2)9-10-6-5-7-11-8-10/h10-11H,3-9H2,1-2H3/t10-/m1/s1. The van der Waals surface area contributed by atoms with E-state index in [2.05, 4.69) is 24.1 Å². The first-order valence-electron chi connectivity index (χ1n) is 5.29. The van der Waals surface area contributed by atoms with Crippen LogP contribution in [0.3, 0.4) is 0 Å². The van der Waals surface area contributed by atoms with E-state index in [-0.39, 0.29) is 0 Å². The van der Waals surface area contributed by atoms with E-state index in [0.29, 0.717) is 0 Å². The van der Waals surface area contributed by atoms with Gasteiger partial charge in [0.25, 0.3) is 0 Å². The predicted molar refractivity (Wildman–Crippen MR) is 53.4 cm³/mol. The average molecular weight is 170 g/mol. The van der Waals surface area contributed by atoms with Crippen LogP contribution in [0, 0.1) is 5.92 Å². The zero-order valence-electron chi connectivity index (χ0n) is 8.47. The molecule has 1 saturated heterocycles. The van der Waals surface area contributed by atoms with Crippen LogP contribution in [0.15, 0.2) is 0 Å². The second-order valence-corrected chi connectivity index (χ2v) is 3.70. The van der Waals surface area contributed by atoms with Gasteiger partial charge >= 0.3 is 0 Å². The molecule has 2 nitrogen and oxygen atoms in total. The molecule has 1 aliphatic rings. The Bertz CT molecular complexity index is 104. The van der Waals surface area contributed by atoms with Crippen LogP contribution in [0.5, 0.6) is 0 Å². The number of piperidine rings is 1. The zero-order valence-corrected chi connectivity index (χ0v) is 8.47. The molecule has 0 unspecified atom stereocenters. The van der Waals surface area contributed by atoms with E-state index in [1.54, 1.807) is 0 Å². The zero-order chi connectivity index (χ0) is 8.81. The molecule has 0 aromatic rings. The summed E-state index contributed by atoms with van der Waals surface area (Å²) in [7, 11) is 0. The molecule has 2 heteroatoms. The van der Waals surface area contributed by atoms with Crippen LogP contribution in [0.25, 0.3) is 0 Å². The van der Waals surface area contributed by atoms with E-state index in [1.807, 2.05) is 0 Å². The minimum absolute atomic E-state index is 0.902. The highest BCUT2D eigenvalue weighted by atomic mass is 15.1. The van der Waals surface area contributed by atoms with Gasteiger partial charge in [0.1, 0.15) is 0 Å². The molecule has 1 atom stereocenters. The number of hydrogen-bond donors (Lipinski definition) is 1. The van der Waals surface area contributed by atoms with E-state index < -0.39 is 0 Å². The molecule has 1 N–H and O–H groups in total. The van der Waals surface area contributed by atoms with Crippen LogP contribution < -0.4 is 5.32 Å². The lowest BCUT2D eigenvalue weighted by atomic mass is 9.99. The summed E-state index contributed by atoms with van der Waals surface area (Å²) in [4.78, 5) is 2.53. The lowest BCUT2D eigenvalue weighted by Crippen LogP contribution is -2.38. The van der Waals surface area contributed by atoms with Crippen molar-refractivity contribution in [2.75, 3.05) is 32.7 Å². The minimum Gasteiger partial charge on any atom is -0.316 e. The van der Waals surface area contributed by atoms with Gasteiger partial charge in [-0.05, 0) is 44.9 Å². The molecule has 0 radical (unpaired) electrons. The summed E-state index contributed by atoms with van der Waals surface area (Å²) in [5.74, 6) is 0.902. The Morgan fingerprint density at radius 2 is 2.08 bits per heavy atom. The predicted octanol–water partition coefficient (Wildman–Crippen LogP) is 1.33. The molecule has 1 heterocycles. The molecule has 0 saturated carbocycles. The second kappa shape index (κ2) is 5.55. The first-order valence-corrected chi connectivity index (χ1v) is 5.29. The van der Waals surface area contributed by atoms with Crippen molar-refractivity contribution >= 4 is 0 Å². The van der Waals surface area contributed by atoms with E-state index in [1.165, 1.54) is 45.6 Å².